The van der Waals surface area contributed by atoms with Crippen molar-refractivity contribution in [1.82, 2.24) is 5.32 Å². The Kier molecular flexibility index (Phi) is 6.20. The van der Waals surface area contributed by atoms with E-state index in [1.54, 1.807) is 0 Å². The lowest BCUT2D eigenvalue weighted by molar-refractivity contribution is -0.424. The second-order valence-corrected chi connectivity index (χ2v) is 5.42. The SMILES string of the molecule is CC(C)CNC(=O)/C=C/c1cc([N+](=O)[O-])c([N+](=O)[O-])c(C(F)(F)F)c1. The average Bonchev–Trinajstić information content (AvgIpc) is 2.48. The molecule has 1 rings (SSSR count). The van der Waals surface area contributed by atoms with Gasteiger partial charge in [-0.1, -0.05) is 13.8 Å². The Bertz CT molecular complexity index is 729. The van der Waals surface area contributed by atoms with E-state index in [4.69, 9.17) is 0 Å². The third kappa shape index (κ3) is 5.55. The van der Waals surface area contributed by atoms with Gasteiger partial charge in [0.05, 0.1) is 9.85 Å². The summed E-state index contributed by atoms with van der Waals surface area (Å²) in [7, 11) is 0. The molecule has 0 heterocycles. The largest absolute Gasteiger partial charge is 0.423 e. The lowest BCUT2D eigenvalue weighted by Gasteiger charge is -2.09. The number of benzene rings is 1. The number of hydrogen-bond acceptors (Lipinski definition) is 5. The summed E-state index contributed by atoms with van der Waals surface area (Å²) in [6.07, 6.45) is -3.36. The highest BCUT2D eigenvalue weighted by molar-refractivity contribution is 5.92. The first kappa shape index (κ1) is 20.1. The van der Waals surface area contributed by atoms with Crippen molar-refractivity contribution in [1.29, 1.82) is 0 Å². The second-order valence-electron chi connectivity index (χ2n) is 5.42. The van der Waals surface area contributed by atoms with E-state index >= 15 is 0 Å². The number of carbonyl (C=O) groups is 1. The number of nitro groups is 2. The van der Waals surface area contributed by atoms with Gasteiger partial charge in [0.15, 0.2) is 0 Å². The highest BCUT2D eigenvalue weighted by Crippen LogP contribution is 2.42. The first-order chi connectivity index (χ1) is 11.4. The molecule has 0 fully saturated rings. The number of nitro benzene ring substituents is 2. The Balaban J connectivity index is 3.35. The number of carbonyl (C=O) groups excluding carboxylic acids is 1. The van der Waals surface area contributed by atoms with Crippen LogP contribution in [0.4, 0.5) is 24.5 Å². The van der Waals surface area contributed by atoms with Gasteiger partial charge in [0.25, 0.3) is 0 Å². The van der Waals surface area contributed by atoms with E-state index in [9.17, 15) is 38.2 Å². The fourth-order valence-electron chi connectivity index (χ4n) is 1.82. The van der Waals surface area contributed by atoms with Crippen LogP contribution in [0.25, 0.3) is 6.08 Å². The number of halogens is 3. The Hall–Kier alpha value is -2.98. The van der Waals surface area contributed by atoms with Crippen molar-refractivity contribution >= 4 is 23.4 Å². The molecular weight excluding hydrogens is 347 g/mol. The van der Waals surface area contributed by atoms with E-state index in [0.717, 1.165) is 12.2 Å². The van der Waals surface area contributed by atoms with Gasteiger partial charge >= 0.3 is 17.6 Å². The molecule has 0 saturated carbocycles. The molecule has 1 aromatic rings. The van der Waals surface area contributed by atoms with Gasteiger partial charge < -0.3 is 5.32 Å². The fourth-order valence-corrected chi connectivity index (χ4v) is 1.82. The van der Waals surface area contributed by atoms with E-state index in [-0.39, 0.29) is 11.5 Å². The van der Waals surface area contributed by atoms with Gasteiger partial charge in [-0.05, 0) is 23.6 Å². The van der Waals surface area contributed by atoms with Crippen LogP contribution in [0.3, 0.4) is 0 Å². The molecule has 25 heavy (non-hydrogen) atoms. The van der Waals surface area contributed by atoms with Crippen molar-refractivity contribution in [3.8, 4) is 0 Å². The summed E-state index contributed by atoms with van der Waals surface area (Å²) < 4.78 is 39.0. The number of nitrogens with one attached hydrogen (secondary N) is 1. The fraction of sp³-hybridized carbons (Fsp3) is 0.357. The number of hydrogen-bond donors (Lipinski definition) is 1. The van der Waals surface area contributed by atoms with Gasteiger partial charge in [-0.25, -0.2) is 0 Å². The Labute approximate surface area is 139 Å². The summed E-state index contributed by atoms with van der Waals surface area (Å²) in [4.78, 5) is 30.5. The summed E-state index contributed by atoms with van der Waals surface area (Å²) in [6.45, 7) is 4.00. The van der Waals surface area contributed by atoms with E-state index in [2.05, 4.69) is 5.32 Å². The molecule has 136 valence electrons. The number of rotatable bonds is 6. The van der Waals surface area contributed by atoms with Crippen LogP contribution in [-0.4, -0.2) is 22.3 Å². The van der Waals surface area contributed by atoms with Gasteiger partial charge in [-0.15, -0.1) is 0 Å². The second kappa shape index (κ2) is 7.73. The third-order valence-electron chi connectivity index (χ3n) is 2.91. The normalized spacial score (nSPS) is 11.8. The summed E-state index contributed by atoms with van der Waals surface area (Å²) in [5, 5.41) is 24.2. The monoisotopic (exact) mass is 361 g/mol. The quantitative estimate of drug-likeness (QED) is 0.474. The minimum atomic E-state index is -5.17. The minimum absolute atomic E-state index is 0.148. The summed E-state index contributed by atoms with van der Waals surface area (Å²) >= 11 is 0. The van der Waals surface area contributed by atoms with Crippen LogP contribution in [-0.2, 0) is 11.0 Å². The van der Waals surface area contributed by atoms with E-state index in [1.165, 1.54) is 0 Å². The van der Waals surface area contributed by atoms with Crippen molar-refractivity contribution < 1.29 is 27.8 Å². The molecule has 1 amide bonds. The standard InChI is InChI=1S/C14H14F3N3O5/c1-8(2)7-18-12(21)4-3-9-5-10(14(15,16)17)13(20(24)25)11(6-9)19(22)23/h3-6,8H,7H2,1-2H3,(H,18,21)/b4-3+. The van der Waals surface area contributed by atoms with E-state index in [1.807, 2.05) is 13.8 Å². The molecule has 0 radical (unpaired) electrons. The summed E-state index contributed by atoms with van der Waals surface area (Å²) in [6, 6.07) is 0.997. The zero-order chi connectivity index (χ0) is 19.4. The third-order valence-corrected chi connectivity index (χ3v) is 2.91. The molecule has 0 aromatic heterocycles. The topological polar surface area (TPSA) is 115 Å². The first-order valence-corrected chi connectivity index (χ1v) is 6.93. The maximum atomic E-state index is 13.0. The van der Waals surface area contributed by atoms with Gasteiger partial charge in [-0.3, -0.25) is 25.0 Å². The van der Waals surface area contributed by atoms with E-state index in [0.29, 0.717) is 18.7 Å². The minimum Gasteiger partial charge on any atom is -0.352 e. The maximum Gasteiger partial charge on any atom is 0.423 e. The van der Waals surface area contributed by atoms with Crippen molar-refractivity contribution in [3.05, 3.63) is 49.6 Å². The number of nitrogens with zero attached hydrogens (tertiary/aromatic N) is 2. The lowest BCUT2D eigenvalue weighted by Crippen LogP contribution is -2.25. The molecule has 1 aromatic carbocycles. The van der Waals surface area contributed by atoms with Crippen molar-refractivity contribution in [3.63, 3.8) is 0 Å². The molecule has 0 saturated heterocycles. The highest BCUT2D eigenvalue weighted by Gasteiger charge is 2.43. The Morgan fingerprint density at radius 1 is 1.24 bits per heavy atom. The smallest absolute Gasteiger partial charge is 0.352 e. The van der Waals surface area contributed by atoms with Crippen LogP contribution in [0.1, 0.15) is 25.0 Å². The molecule has 1 N–H and O–H groups in total. The predicted molar refractivity (Wildman–Crippen MR) is 81.6 cm³/mol. The summed E-state index contributed by atoms with van der Waals surface area (Å²) in [5.74, 6) is -0.460. The van der Waals surface area contributed by atoms with Crippen LogP contribution >= 0.6 is 0 Å². The van der Waals surface area contributed by atoms with Crippen LogP contribution in [0.5, 0.6) is 0 Å². The van der Waals surface area contributed by atoms with Crippen molar-refractivity contribution in [2.24, 2.45) is 5.92 Å². The molecule has 0 aliphatic rings. The predicted octanol–water partition coefficient (Wildman–Crippen LogP) is 3.31. The van der Waals surface area contributed by atoms with Crippen molar-refractivity contribution in [2.45, 2.75) is 20.0 Å². The van der Waals surface area contributed by atoms with Crippen LogP contribution in [0.15, 0.2) is 18.2 Å². The van der Waals surface area contributed by atoms with Gasteiger partial charge in [-0.2, -0.15) is 13.2 Å². The summed E-state index contributed by atoms with van der Waals surface area (Å²) in [5.41, 5.74) is -5.06. The Morgan fingerprint density at radius 2 is 1.84 bits per heavy atom. The zero-order valence-corrected chi connectivity index (χ0v) is 13.2. The maximum absolute atomic E-state index is 13.0. The van der Waals surface area contributed by atoms with Crippen LogP contribution < -0.4 is 5.32 Å². The molecule has 8 nitrogen and oxygen atoms in total. The van der Waals surface area contributed by atoms with Crippen LogP contribution in [0.2, 0.25) is 0 Å². The van der Waals surface area contributed by atoms with Crippen molar-refractivity contribution in [2.75, 3.05) is 6.54 Å². The lowest BCUT2D eigenvalue weighted by atomic mass is 10.1. The molecule has 0 aliphatic carbocycles. The average molecular weight is 361 g/mol. The first-order valence-electron chi connectivity index (χ1n) is 6.93. The molecule has 0 bridgehead atoms. The molecular formula is C14H14F3N3O5. The van der Waals surface area contributed by atoms with E-state index < -0.39 is 38.9 Å². The number of alkyl halides is 3. The molecule has 0 aliphatic heterocycles. The van der Waals surface area contributed by atoms with Gasteiger partial charge in [0, 0.05) is 18.7 Å². The number of amides is 1. The Morgan fingerprint density at radius 3 is 2.28 bits per heavy atom. The molecule has 0 unspecified atom stereocenters. The van der Waals surface area contributed by atoms with Gasteiger partial charge in [0.1, 0.15) is 5.56 Å². The van der Waals surface area contributed by atoms with Crippen LogP contribution in [0, 0.1) is 26.1 Å². The van der Waals surface area contributed by atoms with Gasteiger partial charge in [0.2, 0.25) is 5.91 Å². The highest BCUT2D eigenvalue weighted by atomic mass is 19.4. The molecule has 0 atom stereocenters. The zero-order valence-electron chi connectivity index (χ0n) is 13.2. The molecule has 11 heteroatoms. The molecule has 0 spiro atoms.